The monoisotopic (exact) mass is 354 g/mol. The average molecular weight is 355 g/mol. The molecule has 1 aromatic carbocycles. The maximum absolute atomic E-state index is 11.9. The van der Waals surface area contributed by atoms with E-state index in [2.05, 4.69) is 5.32 Å². The minimum absolute atomic E-state index is 0.103. The molecule has 2 N–H and O–H groups in total. The molecule has 0 spiro atoms. The molecule has 2 amide bonds. The van der Waals surface area contributed by atoms with Gasteiger partial charge in [-0.15, -0.1) is 0 Å². The normalized spacial score (nSPS) is 14.9. The van der Waals surface area contributed by atoms with E-state index in [0.29, 0.717) is 23.0 Å². The lowest BCUT2D eigenvalue weighted by Crippen LogP contribution is -2.28. The fourth-order valence-electron chi connectivity index (χ4n) is 2.08. The van der Waals surface area contributed by atoms with Crippen molar-refractivity contribution in [3.63, 3.8) is 0 Å². The highest BCUT2D eigenvalue weighted by atomic mass is 35.5. The third-order valence-corrected chi connectivity index (χ3v) is 4.09. The fourth-order valence-corrected chi connectivity index (χ4v) is 2.39. The second-order valence-electron chi connectivity index (χ2n) is 5.11. The first-order valence-corrected chi connectivity index (χ1v) is 7.73. The largest absolute Gasteiger partial charge is 0.503 e. The topological polar surface area (TPSA) is 69.6 Å². The van der Waals surface area contributed by atoms with Crippen LogP contribution in [0, 0.1) is 0 Å². The summed E-state index contributed by atoms with van der Waals surface area (Å²) >= 11 is 11.8. The van der Waals surface area contributed by atoms with E-state index in [1.165, 1.54) is 11.9 Å². The van der Waals surface area contributed by atoms with Crippen LogP contribution in [0.2, 0.25) is 10.0 Å². The maximum Gasteiger partial charge on any atom is 0.289 e. The van der Waals surface area contributed by atoms with Gasteiger partial charge in [0.2, 0.25) is 0 Å². The zero-order valence-corrected chi connectivity index (χ0v) is 14.0. The van der Waals surface area contributed by atoms with Crippen LogP contribution in [0.3, 0.4) is 0 Å². The summed E-state index contributed by atoms with van der Waals surface area (Å²) in [6, 6.07) is 5.31. The summed E-state index contributed by atoms with van der Waals surface area (Å²) < 4.78 is 0. The summed E-state index contributed by atoms with van der Waals surface area (Å²) in [4.78, 5) is 24.6. The Balaban J connectivity index is 1.81. The van der Waals surface area contributed by atoms with E-state index in [-0.39, 0.29) is 12.1 Å². The van der Waals surface area contributed by atoms with Crippen molar-refractivity contribution in [3.8, 4) is 0 Å². The molecule has 7 heteroatoms. The van der Waals surface area contributed by atoms with Gasteiger partial charge in [0.15, 0.2) is 5.76 Å². The number of nitrogens with zero attached hydrogens (tertiary/aromatic N) is 1. The van der Waals surface area contributed by atoms with Gasteiger partial charge in [0.05, 0.1) is 22.2 Å². The molecule has 0 bridgehead atoms. The Hall–Kier alpha value is -1.98. The lowest BCUT2D eigenvalue weighted by molar-refractivity contribution is -0.126. The standard InChI is InChI=1S/C16H16Cl2N2O3/c1-20-9-11(14(21)16(20)23)15(22)19-7-3-2-4-10-5-6-12(17)13(18)8-10/h2,4-6,8,21H,3,7,9H2,1H3,(H,19,22)/b4-2+. The van der Waals surface area contributed by atoms with Gasteiger partial charge in [0.25, 0.3) is 11.8 Å². The SMILES string of the molecule is CN1CC(C(=O)NCC/C=C/c2ccc(Cl)c(Cl)c2)=C(O)C1=O. The van der Waals surface area contributed by atoms with Crippen LogP contribution < -0.4 is 5.32 Å². The van der Waals surface area contributed by atoms with Gasteiger partial charge in [-0.25, -0.2) is 0 Å². The van der Waals surface area contributed by atoms with Crippen LogP contribution in [-0.2, 0) is 9.59 Å². The third-order valence-electron chi connectivity index (χ3n) is 3.36. The van der Waals surface area contributed by atoms with Gasteiger partial charge in [0, 0.05) is 13.6 Å². The molecule has 23 heavy (non-hydrogen) atoms. The molecule has 0 atom stereocenters. The number of aliphatic hydroxyl groups is 1. The lowest BCUT2D eigenvalue weighted by Gasteiger charge is -2.07. The lowest BCUT2D eigenvalue weighted by atomic mass is 10.2. The van der Waals surface area contributed by atoms with Crippen molar-refractivity contribution >= 4 is 41.1 Å². The third kappa shape index (κ3) is 4.27. The molecule has 1 aliphatic heterocycles. The van der Waals surface area contributed by atoms with Crippen molar-refractivity contribution < 1.29 is 14.7 Å². The number of nitrogens with one attached hydrogen (secondary N) is 1. The van der Waals surface area contributed by atoms with Crippen LogP contribution in [0.15, 0.2) is 35.6 Å². The van der Waals surface area contributed by atoms with Crippen molar-refractivity contribution in [2.75, 3.05) is 20.1 Å². The Morgan fingerprint density at radius 1 is 1.39 bits per heavy atom. The molecular formula is C16H16Cl2N2O3. The fraction of sp³-hybridized carbons (Fsp3) is 0.250. The van der Waals surface area contributed by atoms with E-state index in [4.69, 9.17) is 23.2 Å². The number of likely N-dealkylation sites (N-methyl/N-ethyl adjacent to an activating group) is 1. The number of rotatable bonds is 5. The van der Waals surface area contributed by atoms with E-state index in [0.717, 1.165) is 5.56 Å². The molecule has 2 rings (SSSR count). The van der Waals surface area contributed by atoms with Crippen molar-refractivity contribution in [1.82, 2.24) is 10.2 Å². The molecule has 1 heterocycles. The molecule has 1 aromatic rings. The minimum Gasteiger partial charge on any atom is -0.503 e. The number of hydrogen-bond donors (Lipinski definition) is 2. The quantitative estimate of drug-likeness (QED) is 0.798. The van der Waals surface area contributed by atoms with Crippen molar-refractivity contribution in [2.45, 2.75) is 6.42 Å². The molecule has 0 unspecified atom stereocenters. The van der Waals surface area contributed by atoms with Gasteiger partial charge in [0.1, 0.15) is 0 Å². The number of benzene rings is 1. The number of hydrogen-bond acceptors (Lipinski definition) is 3. The van der Waals surface area contributed by atoms with Gasteiger partial charge >= 0.3 is 0 Å². The highest BCUT2D eigenvalue weighted by Gasteiger charge is 2.31. The van der Waals surface area contributed by atoms with Crippen molar-refractivity contribution in [2.24, 2.45) is 0 Å². The van der Waals surface area contributed by atoms with E-state index in [1.807, 2.05) is 18.2 Å². The number of amides is 2. The zero-order valence-electron chi connectivity index (χ0n) is 12.5. The average Bonchev–Trinajstić information content (AvgIpc) is 2.78. The summed E-state index contributed by atoms with van der Waals surface area (Å²) in [5.74, 6) is -1.44. The van der Waals surface area contributed by atoms with Gasteiger partial charge < -0.3 is 15.3 Å². The zero-order chi connectivity index (χ0) is 17.0. The number of halogens is 2. The van der Waals surface area contributed by atoms with Gasteiger partial charge in [-0.2, -0.15) is 0 Å². The molecule has 0 saturated heterocycles. The summed E-state index contributed by atoms with van der Waals surface area (Å²) in [5.41, 5.74) is 1.01. The second kappa shape index (κ2) is 7.53. The molecule has 0 fully saturated rings. The van der Waals surface area contributed by atoms with Crippen LogP contribution in [0.1, 0.15) is 12.0 Å². The molecule has 1 aliphatic rings. The summed E-state index contributed by atoms with van der Waals surface area (Å²) in [6.07, 6.45) is 4.36. The highest BCUT2D eigenvalue weighted by molar-refractivity contribution is 6.42. The molecule has 0 saturated carbocycles. The Labute approximate surface area is 144 Å². The number of carbonyl (C=O) groups excluding carboxylic acids is 2. The summed E-state index contributed by atoms with van der Waals surface area (Å²) in [6.45, 7) is 0.515. The van der Waals surface area contributed by atoms with E-state index in [1.54, 1.807) is 12.1 Å². The Bertz CT molecular complexity index is 699. The maximum atomic E-state index is 11.9. The first-order valence-electron chi connectivity index (χ1n) is 6.97. The van der Waals surface area contributed by atoms with Crippen LogP contribution >= 0.6 is 23.2 Å². The highest BCUT2D eigenvalue weighted by Crippen LogP contribution is 2.23. The Morgan fingerprint density at radius 2 is 2.13 bits per heavy atom. The van der Waals surface area contributed by atoms with Crippen LogP contribution in [0.4, 0.5) is 0 Å². The first kappa shape index (κ1) is 17.4. The number of aliphatic hydroxyl groups excluding tert-OH is 1. The Morgan fingerprint density at radius 3 is 2.74 bits per heavy atom. The molecule has 5 nitrogen and oxygen atoms in total. The summed E-state index contributed by atoms with van der Waals surface area (Å²) in [7, 11) is 1.53. The van der Waals surface area contributed by atoms with E-state index < -0.39 is 17.6 Å². The van der Waals surface area contributed by atoms with E-state index >= 15 is 0 Å². The second-order valence-corrected chi connectivity index (χ2v) is 5.92. The molecule has 0 aliphatic carbocycles. The van der Waals surface area contributed by atoms with Crippen molar-refractivity contribution in [3.05, 3.63) is 51.2 Å². The smallest absolute Gasteiger partial charge is 0.289 e. The van der Waals surface area contributed by atoms with Crippen LogP contribution in [0.5, 0.6) is 0 Å². The van der Waals surface area contributed by atoms with Gasteiger partial charge in [-0.05, 0) is 24.1 Å². The Kier molecular flexibility index (Phi) is 5.69. The predicted molar refractivity (Wildman–Crippen MR) is 90.4 cm³/mol. The molecule has 0 aromatic heterocycles. The van der Waals surface area contributed by atoms with Crippen LogP contribution in [-0.4, -0.2) is 42.0 Å². The number of carbonyl (C=O) groups is 2. The van der Waals surface area contributed by atoms with E-state index in [9.17, 15) is 14.7 Å². The minimum atomic E-state index is -0.533. The van der Waals surface area contributed by atoms with Crippen molar-refractivity contribution in [1.29, 1.82) is 0 Å². The molecular weight excluding hydrogens is 339 g/mol. The molecule has 122 valence electrons. The summed E-state index contributed by atoms with van der Waals surface area (Å²) in [5, 5.41) is 13.2. The molecule has 0 radical (unpaired) electrons. The predicted octanol–water partition coefficient (Wildman–Crippen LogP) is 2.80. The van der Waals surface area contributed by atoms with Gasteiger partial charge in [-0.3, -0.25) is 9.59 Å². The first-order chi connectivity index (χ1) is 10.9. The van der Waals surface area contributed by atoms with Crippen LogP contribution in [0.25, 0.3) is 6.08 Å². The van der Waals surface area contributed by atoms with Gasteiger partial charge in [-0.1, -0.05) is 41.4 Å².